The number of morpholine rings is 1. The second-order valence-electron chi connectivity index (χ2n) is 4.15. The fourth-order valence-electron chi connectivity index (χ4n) is 2.16. The Morgan fingerprint density at radius 2 is 1.94 bits per heavy atom. The third-order valence-electron chi connectivity index (χ3n) is 3.06. The quantitative estimate of drug-likeness (QED) is 0.744. The standard InChI is InChI=1S/C13H15NOS.ClH/c1-2-4-13-12(3-1)11(10-16-13)9-14-5-7-15-8-6-14;/h1-4,10H,5-9H2;1H/p-1. The van der Waals surface area contributed by atoms with Crippen LogP contribution in [-0.2, 0) is 11.3 Å². The highest BCUT2D eigenvalue weighted by Crippen LogP contribution is 2.26. The van der Waals surface area contributed by atoms with Crippen LogP contribution in [0.25, 0.3) is 10.1 Å². The van der Waals surface area contributed by atoms with Gasteiger partial charge >= 0.3 is 0 Å². The van der Waals surface area contributed by atoms with Crippen molar-refractivity contribution in [3.8, 4) is 0 Å². The first kappa shape index (κ1) is 12.8. The summed E-state index contributed by atoms with van der Waals surface area (Å²) < 4.78 is 6.76. The molecule has 1 aliphatic heterocycles. The van der Waals surface area contributed by atoms with Gasteiger partial charge in [-0.15, -0.1) is 11.3 Å². The fraction of sp³-hybridized carbons (Fsp3) is 0.385. The Bertz CT molecular complexity index is 479. The smallest absolute Gasteiger partial charge is 0.0594 e. The van der Waals surface area contributed by atoms with E-state index in [9.17, 15) is 0 Å². The van der Waals surface area contributed by atoms with Gasteiger partial charge in [-0.2, -0.15) is 0 Å². The number of thiophene rings is 1. The molecule has 0 spiro atoms. The first-order chi connectivity index (χ1) is 7.93. The molecular formula is C13H15ClNOS-. The van der Waals surface area contributed by atoms with E-state index in [1.54, 1.807) is 0 Å². The third-order valence-corrected chi connectivity index (χ3v) is 4.07. The molecule has 17 heavy (non-hydrogen) atoms. The third kappa shape index (κ3) is 2.80. The van der Waals surface area contributed by atoms with Crippen LogP contribution in [0, 0.1) is 0 Å². The zero-order chi connectivity index (χ0) is 10.8. The summed E-state index contributed by atoms with van der Waals surface area (Å²) in [7, 11) is 0. The summed E-state index contributed by atoms with van der Waals surface area (Å²) in [5.74, 6) is 0. The highest BCUT2D eigenvalue weighted by atomic mass is 35.5. The number of rotatable bonds is 2. The van der Waals surface area contributed by atoms with Crippen LogP contribution in [0.5, 0.6) is 0 Å². The monoisotopic (exact) mass is 268 g/mol. The molecule has 1 aromatic carbocycles. The minimum absolute atomic E-state index is 0. The highest BCUT2D eigenvalue weighted by molar-refractivity contribution is 7.17. The van der Waals surface area contributed by atoms with Crippen molar-refractivity contribution in [1.82, 2.24) is 4.90 Å². The van der Waals surface area contributed by atoms with Crippen molar-refractivity contribution in [2.75, 3.05) is 26.3 Å². The average molecular weight is 269 g/mol. The second-order valence-corrected chi connectivity index (χ2v) is 5.06. The maximum Gasteiger partial charge on any atom is 0.0594 e. The molecular weight excluding hydrogens is 254 g/mol. The highest BCUT2D eigenvalue weighted by Gasteiger charge is 2.12. The van der Waals surface area contributed by atoms with Gasteiger partial charge in [0, 0.05) is 24.3 Å². The van der Waals surface area contributed by atoms with Gasteiger partial charge in [0.1, 0.15) is 0 Å². The molecule has 1 aromatic heterocycles. The summed E-state index contributed by atoms with van der Waals surface area (Å²) >= 11 is 1.84. The minimum Gasteiger partial charge on any atom is -1.00 e. The molecule has 1 saturated heterocycles. The van der Waals surface area contributed by atoms with Gasteiger partial charge in [0.05, 0.1) is 13.2 Å². The van der Waals surface area contributed by atoms with E-state index in [2.05, 4.69) is 34.5 Å². The van der Waals surface area contributed by atoms with Crippen LogP contribution in [0.4, 0.5) is 0 Å². The summed E-state index contributed by atoms with van der Waals surface area (Å²) in [6.07, 6.45) is 0. The van der Waals surface area contributed by atoms with Crippen LogP contribution in [0.3, 0.4) is 0 Å². The number of benzene rings is 1. The predicted octanol–water partition coefficient (Wildman–Crippen LogP) is -0.262. The number of fused-ring (bicyclic) bond motifs is 1. The molecule has 0 atom stereocenters. The molecule has 4 heteroatoms. The second kappa shape index (κ2) is 5.83. The van der Waals surface area contributed by atoms with E-state index >= 15 is 0 Å². The normalized spacial score (nSPS) is 16.9. The SMILES string of the molecule is [Cl-].c1ccc2c(CN3CCOCC3)csc2c1. The minimum atomic E-state index is 0. The molecule has 2 heterocycles. The lowest BCUT2D eigenvalue weighted by Crippen LogP contribution is -3.00. The Balaban J connectivity index is 0.00000108. The van der Waals surface area contributed by atoms with E-state index in [4.69, 9.17) is 4.74 Å². The lowest BCUT2D eigenvalue weighted by atomic mass is 10.1. The summed E-state index contributed by atoms with van der Waals surface area (Å²) in [5, 5.41) is 3.71. The van der Waals surface area contributed by atoms with Crippen molar-refractivity contribution in [3.05, 3.63) is 35.2 Å². The summed E-state index contributed by atoms with van der Waals surface area (Å²) in [6.45, 7) is 4.94. The van der Waals surface area contributed by atoms with Crippen molar-refractivity contribution in [2.24, 2.45) is 0 Å². The van der Waals surface area contributed by atoms with E-state index in [1.165, 1.54) is 15.6 Å². The zero-order valence-electron chi connectivity index (χ0n) is 9.56. The molecule has 1 fully saturated rings. The van der Waals surface area contributed by atoms with Gasteiger partial charge in [-0.05, 0) is 22.4 Å². The van der Waals surface area contributed by atoms with E-state index in [0.29, 0.717) is 0 Å². The molecule has 2 nitrogen and oxygen atoms in total. The van der Waals surface area contributed by atoms with Crippen LogP contribution in [-0.4, -0.2) is 31.2 Å². The number of nitrogens with zero attached hydrogens (tertiary/aromatic N) is 1. The van der Waals surface area contributed by atoms with E-state index in [-0.39, 0.29) is 12.4 Å². The van der Waals surface area contributed by atoms with E-state index in [0.717, 1.165) is 32.8 Å². The number of halogens is 1. The van der Waals surface area contributed by atoms with Gasteiger partial charge in [0.15, 0.2) is 0 Å². The van der Waals surface area contributed by atoms with Gasteiger partial charge in [-0.1, -0.05) is 18.2 Å². The van der Waals surface area contributed by atoms with Crippen molar-refractivity contribution in [3.63, 3.8) is 0 Å². The molecule has 0 bridgehead atoms. The first-order valence-corrected chi connectivity index (χ1v) is 6.57. The number of ether oxygens (including phenoxy) is 1. The molecule has 1 aliphatic rings. The van der Waals surface area contributed by atoms with E-state index < -0.39 is 0 Å². The van der Waals surface area contributed by atoms with Crippen molar-refractivity contribution < 1.29 is 17.1 Å². The van der Waals surface area contributed by atoms with Crippen LogP contribution in [0.1, 0.15) is 5.56 Å². The summed E-state index contributed by atoms with van der Waals surface area (Å²) in [5.41, 5.74) is 1.46. The summed E-state index contributed by atoms with van der Waals surface area (Å²) in [6, 6.07) is 8.65. The molecule has 3 rings (SSSR count). The molecule has 0 amide bonds. The maximum absolute atomic E-state index is 5.37. The van der Waals surface area contributed by atoms with Gasteiger partial charge in [0.2, 0.25) is 0 Å². The molecule has 0 radical (unpaired) electrons. The predicted molar refractivity (Wildman–Crippen MR) is 67.9 cm³/mol. The molecule has 0 aliphatic carbocycles. The van der Waals surface area contributed by atoms with Crippen LogP contribution >= 0.6 is 11.3 Å². The van der Waals surface area contributed by atoms with Gasteiger partial charge < -0.3 is 17.1 Å². The molecule has 0 saturated carbocycles. The average Bonchev–Trinajstić information content (AvgIpc) is 2.74. The van der Waals surface area contributed by atoms with E-state index in [1.807, 2.05) is 11.3 Å². The number of hydrogen-bond acceptors (Lipinski definition) is 3. The molecule has 92 valence electrons. The first-order valence-electron chi connectivity index (χ1n) is 5.69. The Hall–Kier alpha value is -0.610. The lowest BCUT2D eigenvalue weighted by Gasteiger charge is -2.26. The zero-order valence-corrected chi connectivity index (χ0v) is 11.1. The van der Waals surface area contributed by atoms with Crippen LogP contribution < -0.4 is 12.4 Å². The van der Waals surface area contributed by atoms with Crippen molar-refractivity contribution in [2.45, 2.75) is 6.54 Å². The molecule has 2 aromatic rings. The Kier molecular flexibility index (Phi) is 4.40. The maximum atomic E-state index is 5.37. The van der Waals surface area contributed by atoms with Crippen molar-refractivity contribution in [1.29, 1.82) is 0 Å². The Morgan fingerprint density at radius 3 is 2.76 bits per heavy atom. The lowest BCUT2D eigenvalue weighted by molar-refractivity contribution is -0.00000512. The molecule has 0 N–H and O–H groups in total. The Labute approximate surface area is 112 Å². The van der Waals surface area contributed by atoms with Gasteiger partial charge in [-0.3, -0.25) is 4.90 Å². The largest absolute Gasteiger partial charge is 1.00 e. The number of hydrogen-bond donors (Lipinski definition) is 0. The van der Waals surface area contributed by atoms with Crippen LogP contribution in [0.15, 0.2) is 29.6 Å². The molecule has 0 unspecified atom stereocenters. The summed E-state index contributed by atoms with van der Waals surface area (Å²) in [4.78, 5) is 2.47. The fourth-order valence-corrected chi connectivity index (χ4v) is 3.11. The van der Waals surface area contributed by atoms with Gasteiger partial charge in [0.25, 0.3) is 0 Å². The topological polar surface area (TPSA) is 12.5 Å². The van der Waals surface area contributed by atoms with Crippen LogP contribution in [0.2, 0.25) is 0 Å². The van der Waals surface area contributed by atoms with Crippen molar-refractivity contribution >= 4 is 21.4 Å². The van der Waals surface area contributed by atoms with Gasteiger partial charge in [-0.25, -0.2) is 0 Å². The Morgan fingerprint density at radius 1 is 1.18 bits per heavy atom.